The van der Waals surface area contributed by atoms with Gasteiger partial charge in [0.2, 0.25) is 0 Å². The van der Waals surface area contributed by atoms with Crippen molar-refractivity contribution in [3.05, 3.63) is 17.8 Å². The number of aromatic nitrogens is 1. The molecule has 0 saturated heterocycles. The third-order valence-corrected chi connectivity index (χ3v) is 2.85. The number of hydrogen-bond acceptors (Lipinski definition) is 2. The first kappa shape index (κ1) is 9.07. The molecule has 1 aromatic rings. The summed E-state index contributed by atoms with van der Waals surface area (Å²) in [5.41, 5.74) is 0. The van der Waals surface area contributed by atoms with Crippen LogP contribution >= 0.6 is 11.6 Å². The van der Waals surface area contributed by atoms with Gasteiger partial charge in [0.25, 0.3) is 0 Å². The third kappa shape index (κ3) is 2.05. The van der Waals surface area contributed by atoms with Crippen molar-refractivity contribution in [2.75, 3.05) is 5.88 Å². The molecular formula is C10H14ClNO. The topological polar surface area (TPSA) is 26.0 Å². The van der Waals surface area contributed by atoms with E-state index in [1.807, 2.05) is 6.20 Å². The first-order valence-corrected chi connectivity index (χ1v) is 5.35. The Labute approximate surface area is 83.3 Å². The van der Waals surface area contributed by atoms with Gasteiger partial charge in [0.05, 0.1) is 6.20 Å². The predicted molar refractivity (Wildman–Crippen MR) is 52.1 cm³/mol. The lowest BCUT2D eigenvalue weighted by atomic mass is 10.0. The number of oxazole rings is 1. The Morgan fingerprint density at radius 3 is 3.08 bits per heavy atom. The molecule has 1 saturated carbocycles. The van der Waals surface area contributed by atoms with E-state index in [4.69, 9.17) is 16.0 Å². The van der Waals surface area contributed by atoms with Gasteiger partial charge < -0.3 is 4.42 Å². The van der Waals surface area contributed by atoms with E-state index in [9.17, 15) is 0 Å². The van der Waals surface area contributed by atoms with Gasteiger partial charge in [-0.1, -0.05) is 6.92 Å². The summed E-state index contributed by atoms with van der Waals surface area (Å²) in [7, 11) is 0. The van der Waals surface area contributed by atoms with Crippen LogP contribution in [0.4, 0.5) is 0 Å². The van der Waals surface area contributed by atoms with E-state index in [1.54, 1.807) is 0 Å². The quantitative estimate of drug-likeness (QED) is 0.697. The number of alkyl halides is 1. The molecule has 1 fully saturated rings. The van der Waals surface area contributed by atoms with Gasteiger partial charge in [-0.25, -0.2) is 4.98 Å². The van der Waals surface area contributed by atoms with Gasteiger partial charge >= 0.3 is 0 Å². The molecule has 0 amide bonds. The Morgan fingerprint density at radius 2 is 2.46 bits per heavy atom. The molecule has 72 valence electrons. The second-order valence-corrected chi connectivity index (χ2v) is 4.10. The van der Waals surface area contributed by atoms with Crippen molar-refractivity contribution in [1.82, 2.24) is 4.98 Å². The van der Waals surface area contributed by atoms with Crippen molar-refractivity contribution in [3.63, 3.8) is 0 Å². The highest BCUT2D eigenvalue weighted by molar-refractivity contribution is 6.17. The highest BCUT2D eigenvalue weighted by Gasteiger charge is 2.31. The van der Waals surface area contributed by atoms with Gasteiger partial charge in [0.1, 0.15) is 5.76 Å². The molecule has 0 bridgehead atoms. The Balaban J connectivity index is 2.03. The predicted octanol–water partition coefficient (Wildman–Crippen LogP) is 2.97. The molecule has 1 heterocycles. The van der Waals surface area contributed by atoms with Crippen molar-refractivity contribution >= 4 is 11.6 Å². The fourth-order valence-electron chi connectivity index (χ4n) is 1.56. The van der Waals surface area contributed by atoms with E-state index in [-0.39, 0.29) is 0 Å². The molecule has 0 aliphatic heterocycles. The van der Waals surface area contributed by atoms with Crippen LogP contribution in [0.1, 0.15) is 37.3 Å². The van der Waals surface area contributed by atoms with E-state index in [2.05, 4.69) is 11.9 Å². The van der Waals surface area contributed by atoms with Gasteiger partial charge in [-0.2, -0.15) is 0 Å². The average Bonchev–Trinajstić information content (AvgIpc) is 2.87. The summed E-state index contributed by atoms with van der Waals surface area (Å²) >= 11 is 5.60. The normalized spacial score (nSPS) is 18.9. The molecule has 0 spiro atoms. The maximum Gasteiger partial charge on any atom is 0.195 e. The molecule has 1 aliphatic carbocycles. The van der Waals surface area contributed by atoms with Crippen LogP contribution in [0.15, 0.2) is 10.6 Å². The molecule has 0 radical (unpaired) electrons. The summed E-state index contributed by atoms with van der Waals surface area (Å²) in [4.78, 5) is 4.19. The van der Waals surface area contributed by atoms with Crippen LogP contribution in [-0.2, 0) is 6.42 Å². The van der Waals surface area contributed by atoms with Crippen LogP contribution in [0.5, 0.6) is 0 Å². The van der Waals surface area contributed by atoms with Gasteiger partial charge in [0.15, 0.2) is 5.89 Å². The second kappa shape index (κ2) is 3.70. The Bertz CT molecular complexity index is 280. The van der Waals surface area contributed by atoms with E-state index >= 15 is 0 Å². The largest absolute Gasteiger partial charge is 0.445 e. The number of hydrogen-bond donors (Lipinski definition) is 0. The standard InChI is InChI=1S/C10H14ClNO/c1-7(8-2-3-8)9-6-12-10(13-9)4-5-11/h6-8H,2-5H2,1H3. The minimum Gasteiger partial charge on any atom is -0.445 e. The minimum atomic E-state index is 0.538. The van der Waals surface area contributed by atoms with Crippen LogP contribution in [0.25, 0.3) is 0 Å². The smallest absolute Gasteiger partial charge is 0.195 e. The SMILES string of the molecule is CC(c1cnc(CCCl)o1)C1CC1. The minimum absolute atomic E-state index is 0.538. The van der Waals surface area contributed by atoms with E-state index in [0.29, 0.717) is 11.8 Å². The summed E-state index contributed by atoms with van der Waals surface area (Å²) in [6.07, 6.45) is 5.27. The molecule has 1 atom stereocenters. The first-order valence-electron chi connectivity index (χ1n) is 4.82. The summed E-state index contributed by atoms with van der Waals surface area (Å²) in [6, 6.07) is 0. The van der Waals surface area contributed by atoms with Crippen LogP contribution < -0.4 is 0 Å². The van der Waals surface area contributed by atoms with E-state index in [1.165, 1.54) is 12.8 Å². The van der Waals surface area contributed by atoms with Gasteiger partial charge in [-0.05, 0) is 18.8 Å². The fourth-order valence-corrected chi connectivity index (χ4v) is 1.72. The molecule has 2 nitrogen and oxygen atoms in total. The zero-order chi connectivity index (χ0) is 9.26. The average molecular weight is 200 g/mol. The summed E-state index contributed by atoms with van der Waals surface area (Å²) in [5.74, 6) is 3.76. The highest BCUT2D eigenvalue weighted by Crippen LogP contribution is 2.42. The van der Waals surface area contributed by atoms with Crippen LogP contribution in [0.2, 0.25) is 0 Å². The van der Waals surface area contributed by atoms with Crippen molar-refractivity contribution in [2.24, 2.45) is 5.92 Å². The Hall–Kier alpha value is -0.500. The van der Waals surface area contributed by atoms with Crippen molar-refractivity contribution < 1.29 is 4.42 Å². The lowest BCUT2D eigenvalue weighted by molar-refractivity contribution is 0.420. The number of aryl methyl sites for hydroxylation is 1. The fraction of sp³-hybridized carbons (Fsp3) is 0.700. The van der Waals surface area contributed by atoms with Crippen LogP contribution in [0.3, 0.4) is 0 Å². The third-order valence-electron chi connectivity index (χ3n) is 2.66. The lowest BCUT2D eigenvalue weighted by Gasteiger charge is -2.03. The number of nitrogens with zero attached hydrogens (tertiary/aromatic N) is 1. The van der Waals surface area contributed by atoms with Crippen molar-refractivity contribution in [2.45, 2.75) is 32.1 Å². The molecule has 13 heavy (non-hydrogen) atoms. The molecule has 2 rings (SSSR count). The summed E-state index contributed by atoms with van der Waals surface area (Å²) in [6.45, 7) is 2.21. The van der Waals surface area contributed by atoms with Gasteiger partial charge in [-0.3, -0.25) is 0 Å². The molecule has 1 aromatic heterocycles. The highest BCUT2D eigenvalue weighted by atomic mass is 35.5. The summed E-state index contributed by atoms with van der Waals surface area (Å²) in [5, 5.41) is 0. The van der Waals surface area contributed by atoms with Gasteiger partial charge in [-0.15, -0.1) is 11.6 Å². The molecule has 0 N–H and O–H groups in total. The summed E-state index contributed by atoms with van der Waals surface area (Å²) < 4.78 is 5.59. The lowest BCUT2D eigenvalue weighted by Crippen LogP contribution is -1.92. The first-order chi connectivity index (χ1) is 6.31. The second-order valence-electron chi connectivity index (χ2n) is 3.72. The Kier molecular flexibility index (Phi) is 2.58. The maximum atomic E-state index is 5.60. The van der Waals surface area contributed by atoms with E-state index in [0.717, 1.165) is 24.0 Å². The molecule has 3 heteroatoms. The maximum absolute atomic E-state index is 5.60. The zero-order valence-electron chi connectivity index (χ0n) is 7.79. The monoisotopic (exact) mass is 199 g/mol. The molecule has 1 unspecified atom stereocenters. The number of halogens is 1. The van der Waals surface area contributed by atoms with Gasteiger partial charge in [0, 0.05) is 18.2 Å². The number of rotatable bonds is 4. The van der Waals surface area contributed by atoms with Crippen molar-refractivity contribution in [1.29, 1.82) is 0 Å². The Morgan fingerprint density at radius 1 is 1.69 bits per heavy atom. The van der Waals surface area contributed by atoms with E-state index < -0.39 is 0 Å². The zero-order valence-corrected chi connectivity index (χ0v) is 8.55. The van der Waals surface area contributed by atoms with Crippen LogP contribution in [-0.4, -0.2) is 10.9 Å². The van der Waals surface area contributed by atoms with Crippen molar-refractivity contribution in [3.8, 4) is 0 Å². The molecule has 1 aliphatic rings. The molecular weight excluding hydrogens is 186 g/mol. The molecule has 0 aromatic carbocycles. The van der Waals surface area contributed by atoms with Crippen LogP contribution in [0, 0.1) is 5.92 Å².